The minimum atomic E-state index is -0.775. The molecule has 6 nitrogen and oxygen atoms in total. The smallest absolute Gasteiger partial charge is 0.306 e. The third kappa shape index (κ3) is 32.8. The van der Waals surface area contributed by atoms with Gasteiger partial charge in [-0.05, 0) is 77.0 Å². The number of carbonyl (C=O) groups excluding carboxylic acids is 3. The summed E-state index contributed by atoms with van der Waals surface area (Å²) in [7, 11) is 0. The summed E-state index contributed by atoms with van der Waals surface area (Å²) in [6, 6.07) is 0. The van der Waals surface area contributed by atoms with Gasteiger partial charge in [-0.2, -0.15) is 0 Å². The van der Waals surface area contributed by atoms with Gasteiger partial charge in [-0.1, -0.05) is 115 Å². The monoisotopic (exact) mass is 633 g/mol. The van der Waals surface area contributed by atoms with Crippen LogP contribution in [0.5, 0.6) is 0 Å². The van der Waals surface area contributed by atoms with Crippen molar-refractivity contribution in [3.8, 4) is 0 Å². The van der Waals surface area contributed by atoms with Gasteiger partial charge in [0.05, 0.1) is 0 Å². The standard InChI is InChI=1S/C39H68O6/c1-4-7-10-13-16-19-22-25-28-31-37(40)43-34-36(45-39(42)33-30-27-24-21-18-15-12-9-6-3)35-44-38(41)32-29-26-23-20-17-14-11-8-5-2/h7-12,36H,4-6,13-35H2,1-3H3. The Morgan fingerprint density at radius 2 is 0.733 bits per heavy atom. The summed E-state index contributed by atoms with van der Waals surface area (Å²) in [5, 5.41) is 0. The van der Waals surface area contributed by atoms with Crippen molar-refractivity contribution < 1.29 is 28.6 Å². The number of hydrogen-bond acceptors (Lipinski definition) is 6. The summed E-state index contributed by atoms with van der Waals surface area (Å²) < 4.78 is 16.5. The fraction of sp³-hybridized carbons (Fsp3) is 0.769. The van der Waals surface area contributed by atoms with Crippen LogP contribution in [0.2, 0.25) is 0 Å². The Bertz CT molecular complexity index is 740. The fourth-order valence-corrected chi connectivity index (χ4v) is 4.92. The van der Waals surface area contributed by atoms with E-state index in [9.17, 15) is 14.4 Å². The van der Waals surface area contributed by atoms with Gasteiger partial charge in [0.1, 0.15) is 13.2 Å². The lowest BCUT2D eigenvalue weighted by molar-refractivity contribution is -0.167. The summed E-state index contributed by atoms with van der Waals surface area (Å²) in [6.45, 7) is 6.26. The molecular weight excluding hydrogens is 564 g/mol. The molecule has 260 valence electrons. The zero-order valence-corrected chi connectivity index (χ0v) is 29.4. The van der Waals surface area contributed by atoms with Crippen LogP contribution >= 0.6 is 0 Å². The maximum Gasteiger partial charge on any atom is 0.306 e. The highest BCUT2D eigenvalue weighted by Gasteiger charge is 2.19. The van der Waals surface area contributed by atoms with Gasteiger partial charge in [0.2, 0.25) is 0 Å². The first-order valence-electron chi connectivity index (χ1n) is 18.5. The van der Waals surface area contributed by atoms with E-state index in [1.807, 2.05) is 0 Å². The van der Waals surface area contributed by atoms with Gasteiger partial charge in [-0.15, -0.1) is 0 Å². The van der Waals surface area contributed by atoms with Crippen molar-refractivity contribution in [3.05, 3.63) is 36.5 Å². The molecule has 0 aliphatic rings. The van der Waals surface area contributed by atoms with E-state index in [-0.39, 0.29) is 31.1 Å². The van der Waals surface area contributed by atoms with Crippen molar-refractivity contribution in [1.29, 1.82) is 0 Å². The van der Waals surface area contributed by atoms with Crippen LogP contribution in [0.1, 0.15) is 175 Å². The van der Waals surface area contributed by atoms with E-state index in [0.29, 0.717) is 19.3 Å². The second-order valence-electron chi connectivity index (χ2n) is 12.0. The summed E-state index contributed by atoms with van der Waals surface area (Å²) in [6.07, 6.45) is 35.8. The first kappa shape index (κ1) is 42.6. The van der Waals surface area contributed by atoms with E-state index in [4.69, 9.17) is 14.2 Å². The van der Waals surface area contributed by atoms with Crippen LogP contribution in [-0.4, -0.2) is 37.2 Å². The van der Waals surface area contributed by atoms with Crippen LogP contribution in [0.15, 0.2) is 36.5 Å². The SMILES string of the molecule is CCC=CCCCCCCCC(=O)OCC(COC(=O)CCCCCCCC=CCC)OC(=O)CCCCCCCC=CCC. The molecule has 0 aliphatic carbocycles. The predicted molar refractivity (Wildman–Crippen MR) is 187 cm³/mol. The molecule has 0 spiro atoms. The highest BCUT2D eigenvalue weighted by atomic mass is 16.6. The maximum atomic E-state index is 12.5. The molecule has 0 atom stereocenters. The maximum absolute atomic E-state index is 12.5. The molecule has 0 aromatic heterocycles. The summed E-state index contributed by atoms with van der Waals surface area (Å²) >= 11 is 0. The Morgan fingerprint density at radius 3 is 1.09 bits per heavy atom. The van der Waals surface area contributed by atoms with Crippen LogP contribution in [0, 0.1) is 0 Å². The Kier molecular flexibility index (Phi) is 32.7. The largest absolute Gasteiger partial charge is 0.462 e. The zero-order chi connectivity index (χ0) is 33.1. The van der Waals surface area contributed by atoms with Crippen LogP contribution in [0.4, 0.5) is 0 Å². The topological polar surface area (TPSA) is 78.9 Å². The number of esters is 3. The van der Waals surface area contributed by atoms with E-state index < -0.39 is 6.10 Å². The van der Waals surface area contributed by atoms with Crippen molar-refractivity contribution in [2.75, 3.05) is 13.2 Å². The minimum absolute atomic E-state index is 0.0840. The molecule has 0 unspecified atom stereocenters. The highest BCUT2D eigenvalue weighted by Crippen LogP contribution is 2.12. The highest BCUT2D eigenvalue weighted by molar-refractivity contribution is 5.71. The Balaban J connectivity index is 4.40. The fourth-order valence-electron chi connectivity index (χ4n) is 4.92. The van der Waals surface area contributed by atoms with Gasteiger partial charge in [-0.3, -0.25) is 14.4 Å². The first-order valence-corrected chi connectivity index (χ1v) is 18.5. The molecule has 0 heterocycles. The lowest BCUT2D eigenvalue weighted by atomic mass is 10.1. The van der Waals surface area contributed by atoms with E-state index in [2.05, 4.69) is 57.2 Å². The summed E-state index contributed by atoms with van der Waals surface area (Å²) in [4.78, 5) is 37.2. The van der Waals surface area contributed by atoms with Crippen LogP contribution in [-0.2, 0) is 28.6 Å². The zero-order valence-electron chi connectivity index (χ0n) is 29.4. The van der Waals surface area contributed by atoms with Gasteiger partial charge in [0, 0.05) is 19.3 Å². The number of rotatable bonds is 32. The Labute approximate surface area is 276 Å². The molecule has 0 saturated heterocycles. The number of carbonyl (C=O) groups is 3. The number of ether oxygens (including phenoxy) is 3. The van der Waals surface area contributed by atoms with Gasteiger partial charge in [-0.25, -0.2) is 0 Å². The molecule has 0 aromatic rings. The minimum Gasteiger partial charge on any atom is -0.462 e. The first-order chi connectivity index (χ1) is 22.0. The third-order valence-corrected chi connectivity index (χ3v) is 7.62. The molecule has 0 radical (unpaired) electrons. The van der Waals surface area contributed by atoms with Gasteiger partial charge in [0.25, 0.3) is 0 Å². The Morgan fingerprint density at radius 1 is 0.422 bits per heavy atom. The van der Waals surface area contributed by atoms with Crippen LogP contribution in [0.3, 0.4) is 0 Å². The lowest BCUT2D eigenvalue weighted by Crippen LogP contribution is -2.30. The number of allylic oxidation sites excluding steroid dienone is 6. The van der Waals surface area contributed by atoms with Crippen molar-refractivity contribution in [2.45, 2.75) is 181 Å². The van der Waals surface area contributed by atoms with Crippen molar-refractivity contribution >= 4 is 17.9 Å². The molecule has 6 heteroatoms. The Hall–Kier alpha value is -2.37. The quantitative estimate of drug-likeness (QED) is 0.0318. The molecule has 0 fully saturated rings. The van der Waals surface area contributed by atoms with Crippen LogP contribution in [0.25, 0.3) is 0 Å². The molecule has 45 heavy (non-hydrogen) atoms. The molecule has 0 amide bonds. The molecule has 0 N–H and O–H groups in total. The van der Waals surface area contributed by atoms with Gasteiger partial charge in [0.15, 0.2) is 6.10 Å². The van der Waals surface area contributed by atoms with Gasteiger partial charge >= 0.3 is 17.9 Å². The second-order valence-corrected chi connectivity index (χ2v) is 12.0. The average molecular weight is 633 g/mol. The molecule has 0 aliphatic heterocycles. The number of unbranched alkanes of at least 4 members (excludes halogenated alkanes) is 15. The molecule has 0 bridgehead atoms. The van der Waals surface area contributed by atoms with E-state index in [1.165, 1.54) is 32.1 Å². The normalized spacial score (nSPS) is 12.3. The lowest BCUT2D eigenvalue weighted by Gasteiger charge is -2.18. The molecular formula is C39H68O6. The van der Waals surface area contributed by atoms with E-state index >= 15 is 0 Å². The number of hydrogen-bond donors (Lipinski definition) is 0. The van der Waals surface area contributed by atoms with Crippen molar-refractivity contribution in [3.63, 3.8) is 0 Å². The molecule has 0 aromatic carbocycles. The van der Waals surface area contributed by atoms with Crippen molar-refractivity contribution in [1.82, 2.24) is 0 Å². The summed E-state index contributed by atoms with van der Waals surface area (Å²) in [5.74, 6) is -0.931. The predicted octanol–water partition coefficient (Wildman–Crippen LogP) is 11.1. The third-order valence-electron chi connectivity index (χ3n) is 7.62. The molecule has 0 saturated carbocycles. The molecule has 0 rings (SSSR count). The average Bonchev–Trinajstić information content (AvgIpc) is 3.03. The van der Waals surface area contributed by atoms with Gasteiger partial charge < -0.3 is 14.2 Å². The van der Waals surface area contributed by atoms with E-state index in [0.717, 1.165) is 103 Å². The van der Waals surface area contributed by atoms with Crippen molar-refractivity contribution in [2.24, 2.45) is 0 Å². The van der Waals surface area contributed by atoms with Crippen LogP contribution < -0.4 is 0 Å². The second kappa shape index (κ2) is 34.5. The van der Waals surface area contributed by atoms with E-state index in [1.54, 1.807) is 0 Å². The summed E-state index contributed by atoms with van der Waals surface area (Å²) in [5.41, 5.74) is 0.